The third kappa shape index (κ3) is 5.43. The number of carbonyl (C=O) groups excluding carboxylic acids is 2. The molecule has 0 saturated carbocycles. The smallest absolute Gasteiger partial charge is 0.340 e. The highest BCUT2D eigenvalue weighted by molar-refractivity contribution is 5.97. The minimum absolute atomic E-state index is 0.0325. The maximum Gasteiger partial charge on any atom is 0.340 e. The van der Waals surface area contributed by atoms with Crippen molar-refractivity contribution in [2.75, 3.05) is 19.6 Å². The van der Waals surface area contributed by atoms with Crippen LogP contribution in [0.25, 0.3) is 21.9 Å². The van der Waals surface area contributed by atoms with E-state index in [2.05, 4.69) is 26.1 Å². The Morgan fingerprint density at radius 3 is 2.36 bits per heavy atom. The molecule has 9 nitrogen and oxygen atoms in total. The van der Waals surface area contributed by atoms with Gasteiger partial charge < -0.3 is 24.2 Å². The summed E-state index contributed by atoms with van der Waals surface area (Å²) in [6, 6.07) is 13.1. The van der Waals surface area contributed by atoms with Gasteiger partial charge in [-0.05, 0) is 42.4 Å². The van der Waals surface area contributed by atoms with Crippen LogP contribution in [0.1, 0.15) is 62.3 Å². The minimum Gasteiger partial charge on any atom is -0.481 e. The van der Waals surface area contributed by atoms with Crippen LogP contribution in [0.5, 0.6) is 0 Å². The van der Waals surface area contributed by atoms with Crippen LogP contribution in [0.15, 0.2) is 62.4 Å². The number of furan rings is 1. The number of nitrogens with one attached hydrogen (secondary N) is 1. The fraction of sp³-hybridized carbons (Fsp3) is 0.394. The molecule has 1 aliphatic rings. The van der Waals surface area contributed by atoms with Gasteiger partial charge in [0.1, 0.15) is 11.2 Å². The number of piperidine rings is 1. The van der Waals surface area contributed by atoms with Crippen molar-refractivity contribution < 1.29 is 28.3 Å². The van der Waals surface area contributed by atoms with Gasteiger partial charge in [0.05, 0.1) is 30.1 Å². The normalized spacial score (nSPS) is 15.2. The van der Waals surface area contributed by atoms with Gasteiger partial charge in [0.25, 0.3) is 0 Å². The van der Waals surface area contributed by atoms with Crippen LogP contribution in [-0.4, -0.2) is 47.4 Å². The Kier molecular flexibility index (Phi) is 7.70. The third-order valence-electron chi connectivity index (χ3n) is 8.47. The predicted octanol–water partition coefficient (Wildman–Crippen LogP) is 4.84. The first-order valence-corrected chi connectivity index (χ1v) is 14.2. The van der Waals surface area contributed by atoms with E-state index in [4.69, 9.17) is 13.9 Å². The van der Waals surface area contributed by atoms with Crippen molar-refractivity contribution in [3.05, 3.63) is 81.4 Å². The monoisotopic (exact) mass is 572 g/mol. The van der Waals surface area contributed by atoms with Gasteiger partial charge in [0.2, 0.25) is 11.8 Å². The number of carboxylic acid groups (broad SMARTS) is 1. The number of fused-ring (bicyclic) bond motifs is 2. The molecule has 42 heavy (non-hydrogen) atoms. The largest absolute Gasteiger partial charge is 0.481 e. The quantitative estimate of drug-likeness (QED) is 0.303. The molecule has 4 aromatic rings. The standard InChI is InChI=1S/C33H36N2O7/c1-20-22-16-24-25(32(2,3)4)19-41-26(24)18-27(22)42-30(39)23(20)17-28(36)35-14-11-33(12-15-35,21-8-6-5-7-9-21)31(40)34-13-10-29(37)38/h5-9,16,18-19H,10-15,17H2,1-4H3,(H,34,40)(H,37,38). The number of rotatable bonds is 7. The third-order valence-corrected chi connectivity index (χ3v) is 8.47. The number of carboxylic acids is 1. The van der Waals surface area contributed by atoms with E-state index in [0.29, 0.717) is 48.2 Å². The van der Waals surface area contributed by atoms with Crippen LogP contribution >= 0.6 is 0 Å². The fourth-order valence-electron chi connectivity index (χ4n) is 5.95. The summed E-state index contributed by atoms with van der Waals surface area (Å²) in [5.41, 5.74) is 2.37. The molecule has 0 unspecified atom stereocenters. The summed E-state index contributed by atoms with van der Waals surface area (Å²) in [6.45, 7) is 8.83. The molecule has 2 N–H and O–H groups in total. The van der Waals surface area contributed by atoms with Crippen LogP contribution in [-0.2, 0) is 31.6 Å². The molecule has 0 atom stereocenters. The Morgan fingerprint density at radius 2 is 1.71 bits per heavy atom. The summed E-state index contributed by atoms with van der Waals surface area (Å²) in [5.74, 6) is -1.44. The second-order valence-corrected chi connectivity index (χ2v) is 12.1. The zero-order chi connectivity index (χ0) is 30.2. The summed E-state index contributed by atoms with van der Waals surface area (Å²) in [5, 5.41) is 13.5. The van der Waals surface area contributed by atoms with E-state index < -0.39 is 17.0 Å². The highest BCUT2D eigenvalue weighted by atomic mass is 16.4. The van der Waals surface area contributed by atoms with E-state index in [1.165, 1.54) is 0 Å². The second kappa shape index (κ2) is 11.1. The van der Waals surface area contributed by atoms with E-state index in [9.17, 15) is 19.2 Å². The van der Waals surface area contributed by atoms with Gasteiger partial charge in [-0.2, -0.15) is 0 Å². The number of hydrogen-bond donors (Lipinski definition) is 2. The van der Waals surface area contributed by atoms with Gasteiger partial charge in [-0.15, -0.1) is 0 Å². The predicted molar refractivity (Wildman–Crippen MR) is 159 cm³/mol. The van der Waals surface area contributed by atoms with Gasteiger partial charge >= 0.3 is 11.6 Å². The Bertz CT molecular complexity index is 1720. The van der Waals surface area contributed by atoms with E-state index in [1.807, 2.05) is 43.3 Å². The molecular formula is C33H36N2O7. The number of benzene rings is 2. The molecule has 2 aromatic heterocycles. The SMILES string of the molecule is Cc1c(CC(=O)N2CCC(C(=O)NCCC(=O)O)(c3ccccc3)CC2)c(=O)oc2cc3occ(C(C)(C)C)c3cc12. The maximum atomic E-state index is 13.5. The van der Waals surface area contributed by atoms with Gasteiger partial charge in [0, 0.05) is 42.0 Å². The molecular weight excluding hydrogens is 536 g/mol. The average Bonchev–Trinajstić information content (AvgIpc) is 3.38. The lowest BCUT2D eigenvalue weighted by Gasteiger charge is -2.41. The molecule has 1 fully saturated rings. The number of carbonyl (C=O) groups is 3. The molecule has 9 heteroatoms. The molecule has 5 rings (SSSR count). The summed E-state index contributed by atoms with van der Waals surface area (Å²) in [7, 11) is 0. The van der Waals surface area contributed by atoms with Gasteiger partial charge in [-0.1, -0.05) is 51.1 Å². The van der Waals surface area contributed by atoms with Crippen molar-refractivity contribution in [2.24, 2.45) is 0 Å². The molecule has 3 heterocycles. The zero-order valence-corrected chi connectivity index (χ0v) is 24.4. The average molecular weight is 573 g/mol. The molecule has 0 radical (unpaired) electrons. The zero-order valence-electron chi connectivity index (χ0n) is 24.4. The van der Waals surface area contributed by atoms with Crippen molar-refractivity contribution in [3.8, 4) is 0 Å². The number of likely N-dealkylation sites (tertiary alicyclic amines) is 1. The molecule has 1 aliphatic heterocycles. The summed E-state index contributed by atoms with van der Waals surface area (Å²) in [6.07, 6.45) is 2.21. The minimum atomic E-state index is -0.984. The number of nitrogens with zero attached hydrogens (tertiary/aromatic N) is 1. The van der Waals surface area contributed by atoms with Crippen LogP contribution in [0.2, 0.25) is 0 Å². The molecule has 0 aliphatic carbocycles. The van der Waals surface area contributed by atoms with E-state index >= 15 is 0 Å². The number of aliphatic carboxylic acids is 1. The topological polar surface area (TPSA) is 130 Å². The highest BCUT2D eigenvalue weighted by Crippen LogP contribution is 2.37. The van der Waals surface area contributed by atoms with Gasteiger partial charge in [-0.25, -0.2) is 4.79 Å². The lowest BCUT2D eigenvalue weighted by atomic mass is 9.72. The summed E-state index contributed by atoms with van der Waals surface area (Å²) >= 11 is 0. The van der Waals surface area contributed by atoms with E-state index in [0.717, 1.165) is 21.9 Å². The Labute approximate surface area is 243 Å². The fourth-order valence-corrected chi connectivity index (χ4v) is 5.95. The van der Waals surface area contributed by atoms with Crippen molar-refractivity contribution in [1.82, 2.24) is 10.2 Å². The molecule has 0 bridgehead atoms. The van der Waals surface area contributed by atoms with Crippen LogP contribution in [0.4, 0.5) is 0 Å². The summed E-state index contributed by atoms with van der Waals surface area (Å²) in [4.78, 5) is 52.6. The molecule has 0 spiro atoms. The van der Waals surface area contributed by atoms with E-state index in [1.54, 1.807) is 17.2 Å². The summed E-state index contributed by atoms with van der Waals surface area (Å²) < 4.78 is 11.4. The second-order valence-electron chi connectivity index (χ2n) is 12.1. The highest BCUT2D eigenvalue weighted by Gasteiger charge is 2.43. The van der Waals surface area contributed by atoms with E-state index in [-0.39, 0.29) is 36.6 Å². The van der Waals surface area contributed by atoms with Crippen molar-refractivity contribution in [1.29, 1.82) is 0 Å². The van der Waals surface area contributed by atoms with Crippen LogP contribution in [0.3, 0.4) is 0 Å². The number of aryl methyl sites for hydroxylation is 1. The molecule has 1 saturated heterocycles. The van der Waals surface area contributed by atoms with Crippen LogP contribution in [0, 0.1) is 6.92 Å². The Balaban J connectivity index is 1.38. The Hall–Kier alpha value is -4.40. The lowest BCUT2D eigenvalue weighted by Crippen LogP contribution is -2.53. The van der Waals surface area contributed by atoms with Gasteiger partial charge in [-0.3, -0.25) is 14.4 Å². The van der Waals surface area contributed by atoms with Gasteiger partial charge in [0.15, 0.2) is 0 Å². The number of hydrogen-bond acceptors (Lipinski definition) is 6. The van der Waals surface area contributed by atoms with Crippen molar-refractivity contribution in [2.45, 2.75) is 64.2 Å². The lowest BCUT2D eigenvalue weighted by molar-refractivity contribution is -0.138. The van der Waals surface area contributed by atoms with Crippen LogP contribution < -0.4 is 10.9 Å². The Morgan fingerprint density at radius 1 is 1.02 bits per heavy atom. The first-order chi connectivity index (χ1) is 19.9. The number of amides is 2. The molecule has 2 amide bonds. The van der Waals surface area contributed by atoms with Crippen molar-refractivity contribution >= 4 is 39.7 Å². The molecule has 220 valence electrons. The van der Waals surface area contributed by atoms with Crippen molar-refractivity contribution in [3.63, 3.8) is 0 Å². The first kappa shape index (κ1) is 29.1. The maximum absolute atomic E-state index is 13.5. The first-order valence-electron chi connectivity index (χ1n) is 14.2. The molecule has 2 aromatic carbocycles.